The minimum Gasteiger partial charge on any atom is -0.375 e. The second-order valence-corrected chi connectivity index (χ2v) is 6.19. The molecular weight excluding hydrogens is 264 g/mol. The quantitative estimate of drug-likeness (QED) is 0.851. The zero-order valence-electron chi connectivity index (χ0n) is 12.9. The van der Waals surface area contributed by atoms with Gasteiger partial charge in [0.15, 0.2) is 0 Å². The van der Waals surface area contributed by atoms with Gasteiger partial charge in [-0.25, -0.2) is 0 Å². The van der Waals surface area contributed by atoms with E-state index in [9.17, 15) is 4.79 Å². The number of nitrogens with zero attached hydrogens (tertiary/aromatic N) is 2. The van der Waals surface area contributed by atoms with Crippen LogP contribution in [0.1, 0.15) is 30.5 Å². The molecule has 1 heterocycles. The summed E-state index contributed by atoms with van der Waals surface area (Å²) in [5.74, 6) is 0.219. The molecule has 4 nitrogen and oxygen atoms in total. The summed E-state index contributed by atoms with van der Waals surface area (Å²) in [6.45, 7) is 4.61. The lowest BCUT2D eigenvalue weighted by atomic mass is 10.1. The summed E-state index contributed by atoms with van der Waals surface area (Å²) in [6, 6.07) is 8.97. The van der Waals surface area contributed by atoms with E-state index in [0.29, 0.717) is 25.7 Å². The van der Waals surface area contributed by atoms with Crippen molar-refractivity contribution in [2.45, 2.75) is 31.9 Å². The molecule has 0 saturated carbocycles. The van der Waals surface area contributed by atoms with Crippen molar-refractivity contribution in [1.29, 1.82) is 0 Å². The highest BCUT2D eigenvalue weighted by Crippen LogP contribution is 2.34. The number of carbonyl (C=O) groups is 1. The molecule has 1 aromatic rings. The fourth-order valence-electron chi connectivity index (χ4n) is 3.46. The van der Waals surface area contributed by atoms with Gasteiger partial charge in [-0.05, 0) is 37.9 Å². The van der Waals surface area contributed by atoms with E-state index in [1.165, 1.54) is 11.1 Å². The summed E-state index contributed by atoms with van der Waals surface area (Å²) in [5, 5.41) is 0. The van der Waals surface area contributed by atoms with Gasteiger partial charge in [0.05, 0.1) is 19.3 Å². The summed E-state index contributed by atoms with van der Waals surface area (Å²) in [6.07, 6.45) is 2.39. The molecule has 1 aliphatic carbocycles. The van der Waals surface area contributed by atoms with Crippen LogP contribution in [0.5, 0.6) is 0 Å². The van der Waals surface area contributed by atoms with E-state index in [0.717, 1.165) is 19.4 Å². The highest BCUT2D eigenvalue weighted by atomic mass is 16.5. The van der Waals surface area contributed by atoms with Crippen molar-refractivity contribution < 1.29 is 9.53 Å². The lowest BCUT2D eigenvalue weighted by Gasteiger charge is -2.33. The van der Waals surface area contributed by atoms with Gasteiger partial charge in [0.1, 0.15) is 0 Å². The molecule has 3 rings (SSSR count). The van der Waals surface area contributed by atoms with Gasteiger partial charge < -0.3 is 9.64 Å². The number of aryl methyl sites for hydroxylation is 1. The Morgan fingerprint density at radius 1 is 1.43 bits per heavy atom. The van der Waals surface area contributed by atoms with Crippen molar-refractivity contribution in [2.24, 2.45) is 0 Å². The minimum atomic E-state index is 0.153. The number of morpholine rings is 1. The van der Waals surface area contributed by atoms with Crippen molar-refractivity contribution in [3.05, 3.63) is 35.4 Å². The number of likely N-dealkylation sites (N-methyl/N-ethyl adjacent to an activating group) is 1. The first-order valence-electron chi connectivity index (χ1n) is 7.82. The van der Waals surface area contributed by atoms with E-state index >= 15 is 0 Å². The van der Waals surface area contributed by atoms with Crippen LogP contribution in [0.2, 0.25) is 0 Å². The third-order valence-corrected chi connectivity index (χ3v) is 4.61. The van der Waals surface area contributed by atoms with Crippen LogP contribution in [-0.2, 0) is 16.0 Å². The Balaban J connectivity index is 1.62. The molecule has 0 spiro atoms. The SMILES string of the molecule is CC1CN(C(=O)CN(C)C2CCc3ccccc32)CCO1. The first-order chi connectivity index (χ1) is 10.1. The number of fused-ring (bicyclic) bond motifs is 1. The Bertz CT molecular complexity index is 517. The van der Waals surface area contributed by atoms with E-state index < -0.39 is 0 Å². The van der Waals surface area contributed by atoms with Gasteiger partial charge in [0.25, 0.3) is 0 Å². The molecule has 2 atom stereocenters. The molecular formula is C17H24N2O2. The first-order valence-corrected chi connectivity index (χ1v) is 7.82. The summed E-state index contributed by atoms with van der Waals surface area (Å²) >= 11 is 0. The van der Waals surface area contributed by atoms with Crippen molar-refractivity contribution in [3.8, 4) is 0 Å². The molecule has 0 N–H and O–H groups in total. The molecule has 2 aliphatic rings. The average Bonchev–Trinajstić information content (AvgIpc) is 2.91. The normalized spacial score (nSPS) is 25.2. The number of ether oxygens (including phenoxy) is 1. The molecule has 4 heteroatoms. The van der Waals surface area contributed by atoms with Crippen LogP contribution in [-0.4, -0.2) is 55.1 Å². The first kappa shape index (κ1) is 14.5. The largest absolute Gasteiger partial charge is 0.375 e. The van der Waals surface area contributed by atoms with E-state index in [-0.39, 0.29) is 12.0 Å². The van der Waals surface area contributed by atoms with Crippen molar-refractivity contribution in [2.75, 3.05) is 33.3 Å². The summed E-state index contributed by atoms with van der Waals surface area (Å²) in [4.78, 5) is 16.6. The topological polar surface area (TPSA) is 32.8 Å². The Labute approximate surface area is 126 Å². The lowest BCUT2D eigenvalue weighted by molar-refractivity contribution is -0.139. The monoisotopic (exact) mass is 288 g/mol. The summed E-state index contributed by atoms with van der Waals surface area (Å²) < 4.78 is 5.50. The van der Waals surface area contributed by atoms with Crippen LogP contribution in [0.15, 0.2) is 24.3 Å². The minimum absolute atomic E-state index is 0.153. The highest BCUT2D eigenvalue weighted by molar-refractivity contribution is 5.78. The number of carbonyl (C=O) groups excluding carboxylic acids is 1. The smallest absolute Gasteiger partial charge is 0.236 e. The number of benzene rings is 1. The Morgan fingerprint density at radius 3 is 3.05 bits per heavy atom. The molecule has 1 amide bonds. The zero-order chi connectivity index (χ0) is 14.8. The molecule has 1 fully saturated rings. The second-order valence-electron chi connectivity index (χ2n) is 6.19. The van der Waals surface area contributed by atoms with Crippen LogP contribution in [0.3, 0.4) is 0 Å². The van der Waals surface area contributed by atoms with Gasteiger partial charge >= 0.3 is 0 Å². The maximum atomic E-state index is 12.5. The van der Waals surface area contributed by atoms with Gasteiger partial charge in [0, 0.05) is 19.1 Å². The van der Waals surface area contributed by atoms with Crippen molar-refractivity contribution in [1.82, 2.24) is 9.80 Å². The number of rotatable bonds is 3. The van der Waals surface area contributed by atoms with Gasteiger partial charge in [-0.1, -0.05) is 24.3 Å². The Kier molecular flexibility index (Phi) is 4.27. The van der Waals surface area contributed by atoms with Crippen LogP contribution in [0.25, 0.3) is 0 Å². The maximum Gasteiger partial charge on any atom is 0.236 e. The van der Waals surface area contributed by atoms with Gasteiger partial charge in [-0.2, -0.15) is 0 Å². The average molecular weight is 288 g/mol. The lowest BCUT2D eigenvalue weighted by Crippen LogP contribution is -2.48. The molecule has 1 saturated heterocycles. The second kappa shape index (κ2) is 6.16. The van der Waals surface area contributed by atoms with Crippen LogP contribution in [0.4, 0.5) is 0 Å². The van der Waals surface area contributed by atoms with Gasteiger partial charge in [-0.3, -0.25) is 9.69 Å². The van der Waals surface area contributed by atoms with Crippen molar-refractivity contribution in [3.63, 3.8) is 0 Å². The van der Waals surface area contributed by atoms with Gasteiger partial charge in [0.2, 0.25) is 5.91 Å². The standard InChI is InChI=1S/C17H24N2O2/c1-13-11-19(9-10-21-13)17(20)12-18(2)16-8-7-14-5-3-4-6-15(14)16/h3-6,13,16H,7-12H2,1-2H3. The van der Waals surface area contributed by atoms with Crippen LogP contribution in [0, 0.1) is 0 Å². The van der Waals surface area contributed by atoms with Gasteiger partial charge in [-0.15, -0.1) is 0 Å². The fraction of sp³-hybridized carbons (Fsp3) is 0.588. The Hall–Kier alpha value is -1.39. The Morgan fingerprint density at radius 2 is 2.24 bits per heavy atom. The maximum absolute atomic E-state index is 12.5. The molecule has 0 radical (unpaired) electrons. The predicted molar refractivity (Wildman–Crippen MR) is 82.1 cm³/mol. The summed E-state index contributed by atoms with van der Waals surface area (Å²) in [7, 11) is 2.06. The zero-order valence-corrected chi connectivity index (χ0v) is 12.9. The number of hydrogen-bond donors (Lipinski definition) is 0. The van der Waals surface area contributed by atoms with E-state index in [1.54, 1.807) is 0 Å². The van der Waals surface area contributed by atoms with Crippen molar-refractivity contribution >= 4 is 5.91 Å². The van der Waals surface area contributed by atoms with Crippen LogP contribution >= 0.6 is 0 Å². The van der Waals surface area contributed by atoms with Crippen LogP contribution < -0.4 is 0 Å². The molecule has 21 heavy (non-hydrogen) atoms. The summed E-state index contributed by atoms with van der Waals surface area (Å²) in [5.41, 5.74) is 2.82. The molecule has 1 aromatic carbocycles. The van der Waals surface area contributed by atoms with E-state index in [2.05, 4.69) is 36.2 Å². The number of hydrogen-bond acceptors (Lipinski definition) is 3. The van der Waals surface area contributed by atoms with E-state index in [1.807, 2.05) is 11.8 Å². The predicted octanol–water partition coefficient (Wildman–Crippen LogP) is 1.85. The third kappa shape index (κ3) is 3.11. The van der Waals surface area contributed by atoms with E-state index in [4.69, 9.17) is 4.74 Å². The molecule has 0 bridgehead atoms. The fourth-order valence-corrected chi connectivity index (χ4v) is 3.46. The molecule has 1 aliphatic heterocycles. The highest BCUT2D eigenvalue weighted by Gasteiger charge is 2.28. The number of amides is 1. The molecule has 0 aromatic heterocycles. The molecule has 114 valence electrons. The third-order valence-electron chi connectivity index (χ3n) is 4.61. The molecule has 2 unspecified atom stereocenters.